The van der Waals surface area contributed by atoms with Crippen LogP contribution in [0.1, 0.15) is 12.8 Å². The number of aliphatic hydroxyl groups is 1. The lowest BCUT2D eigenvalue weighted by molar-refractivity contribution is -0.122. The minimum absolute atomic E-state index is 0.106. The Labute approximate surface area is 72.3 Å². The van der Waals surface area contributed by atoms with Crippen molar-refractivity contribution in [2.45, 2.75) is 12.8 Å². The lowest BCUT2D eigenvalue weighted by Gasteiger charge is -2.26. The van der Waals surface area contributed by atoms with Gasteiger partial charge in [0.2, 0.25) is 5.91 Å². The summed E-state index contributed by atoms with van der Waals surface area (Å²) in [5.41, 5.74) is 0. The van der Waals surface area contributed by atoms with Crippen LogP contribution in [0, 0.1) is 5.92 Å². The van der Waals surface area contributed by atoms with Crippen LogP contribution in [0.3, 0.4) is 0 Å². The fourth-order valence-electron chi connectivity index (χ4n) is 1.13. The van der Waals surface area contributed by atoms with Crippen molar-refractivity contribution < 1.29 is 9.90 Å². The first kappa shape index (κ1) is 9.48. The topological polar surface area (TPSA) is 61.4 Å². The third-order valence-corrected chi connectivity index (χ3v) is 2.00. The third kappa shape index (κ3) is 3.19. The van der Waals surface area contributed by atoms with Gasteiger partial charge in [0.15, 0.2) is 0 Å². The van der Waals surface area contributed by atoms with Crippen molar-refractivity contribution in [3.63, 3.8) is 0 Å². The van der Waals surface area contributed by atoms with Crippen molar-refractivity contribution in [3.8, 4) is 0 Å². The Morgan fingerprint density at radius 2 is 2.33 bits per heavy atom. The van der Waals surface area contributed by atoms with E-state index in [0.717, 1.165) is 13.1 Å². The van der Waals surface area contributed by atoms with E-state index in [2.05, 4.69) is 10.6 Å². The number of aliphatic hydroxyl groups excluding tert-OH is 1. The first-order valence-corrected chi connectivity index (χ1v) is 4.41. The highest BCUT2D eigenvalue weighted by molar-refractivity contribution is 5.76. The van der Waals surface area contributed by atoms with Gasteiger partial charge in [-0.15, -0.1) is 0 Å². The molecule has 0 aromatic rings. The Kier molecular flexibility index (Phi) is 4.04. The molecule has 1 heterocycles. The second-order valence-corrected chi connectivity index (χ2v) is 3.16. The van der Waals surface area contributed by atoms with Gasteiger partial charge in [-0.3, -0.25) is 4.79 Å². The summed E-state index contributed by atoms with van der Waals surface area (Å²) in [5, 5.41) is 14.3. The average Bonchev–Trinajstić information content (AvgIpc) is 1.98. The van der Waals surface area contributed by atoms with E-state index in [9.17, 15) is 4.79 Å². The second-order valence-electron chi connectivity index (χ2n) is 3.16. The highest BCUT2D eigenvalue weighted by Crippen LogP contribution is 2.07. The number of carbonyl (C=O) groups is 1. The Hall–Kier alpha value is -0.610. The second kappa shape index (κ2) is 5.11. The van der Waals surface area contributed by atoms with E-state index in [1.165, 1.54) is 0 Å². The summed E-state index contributed by atoms with van der Waals surface area (Å²) >= 11 is 0. The zero-order chi connectivity index (χ0) is 8.81. The summed E-state index contributed by atoms with van der Waals surface area (Å²) in [6.07, 6.45) is 1.27. The Bertz CT molecular complexity index is 146. The monoisotopic (exact) mass is 172 g/mol. The molecule has 1 rings (SSSR count). The van der Waals surface area contributed by atoms with E-state index in [1.807, 2.05) is 0 Å². The van der Waals surface area contributed by atoms with Crippen LogP contribution in [0.25, 0.3) is 0 Å². The fourth-order valence-corrected chi connectivity index (χ4v) is 1.13. The van der Waals surface area contributed by atoms with E-state index in [0.29, 0.717) is 25.3 Å². The summed E-state index contributed by atoms with van der Waals surface area (Å²) < 4.78 is 0. The van der Waals surface area contributed by atoms with Crippen molar-refractivity contribution in [2.24, 2.45) is 5.92 Å². The van der Waals surface area contributed by atoms with Gasteiger partial charge in [0.25, 0.3) is 0 Å². The molecule has 1 fully saturated rings. The lowest BCUT2D eigenvalue weighted by atomic mass is 9.99. The van der Waals surface area contributed by atoms with Gasteiger partial charge in [-0.05, 0) is 25.4 Å². The Morgan fingerprint density at radius 1 is 1.58 bits per heavy atom. The first-order valence-electron chi connectivity index (χ1n) is 4.41. The quantitative estimate of drug-likeness (QED) is 0.471. The zero-order valence-corrected chi connectivity index (χ0v) is 7.18. The molecule has 0 saturated carbocycles. The summed E-state index contributed by atoms with van der Waals surface area (Å²) in [4.78, 5) is 11.1. The number of nitrogens with one attached hydrogen (secondary N) is 2. The van der Waals surface area contributed by atoms with Crippen LogP contribution in [0.5, 0.6) is 0 Å². The molecule has 1 amide bonds. The van der Waals surface area contributed by atoms with E-state index in [-0.39, 0.29) is 12.5 Å². The summed E-state index contributed by atoms with van der Waals surface area (Å²) in [6.45, 7) is 2.67. The number of hydrogen-bond acceptors (Lipinski definition) is 3. The van der Waals surface area contributed by atoms with Crippen LogP contribution in [0.2, 0.25) is 0 Å². The summed E-state index contributed by atoms with van der Waals surface area (Å²) in [5.74, 6) is 0.633. The molecule has 0 unspecified atom stereocenters. The first-order chi connectivity index (χ1) is 5.83. The maximum atomic E-state index is 11.1. The minimum Gasteiger partial charge on any atom is -0.396 e. The summed E-state index contributed by atoms with van der Waals surface area (Å²) in [7, 11) is 0. The smallest absolute Gasteiger partial charge is 0.220 e. The van der Waals surface area contributed by atoms with Crippen molar-refractivity contribution in [3.05, 3.63) is 0 Å². The highest BCUT2D eigenvalue weighted by atomic mass is 16.3. The number of carbonyl (C=O) groups excluding carboxylic acids is 1. The van der Waals surface area contributed by atoms with Crippen molar-refractivity contribution in [1.29, 1.82) is 0 Å². The van der Waals surface area contributed by atoms with Crippen molar-refractivity contribution in [2.75, 3.05) is 26.2 Å². The molecular formula is C8H16N2O2. The molecule has 0 bridgehead atoms. The lowest BCUT2D eigenvalue weighted by Crippen LogP contribution is -2.44. The molecule has 0 aromatic carbocycles. The van der Waals surface area contributed by atoms with Gasteiger partial charge < -0.3 is 15.7 Å². The molecule has 1 aliphatic heterocycles. The Morgan fingerprint density at radius 3 is 2.83 bits per heavy atom. The molecule has 70 valence electrons. The third-order valence-electron chi connectivity index (χ3n) is 2.00. The molecule has 0 aromatic heterocycles. The van der Waals surface area contributed by atoms with Gasteiger partial charge in [0.1, 0.15) is 0 Å². The molecule has 4 heteroatoms. The van der Waals surface area contributed by atoms with Crippen LogP contribution in [-0.2, 0) is 4.79 Å². The highest BCUT2D eigenvalue weighted by Gasteiger charge is 2.19. The van der Waals surface area contributed by atoms with Gasteiger partial charge in [-0.25, -0.2) is 0 Å². The molecule has 1 aliphatic rings. The van der Waals surface area contributed by atoms with Crippen molar-refractivity contribution in [1.82, 2.24) is 10.6 Å². The standard InChI is InChI=1S/C8H16N2O2/c11-3-1-2-10-8(12)4-7-5-9-6-7/h7,9,11H,1-6H2,(H,10,12). The van der Waals surface area contributed by atoms with Crippen LogP contribution in [-0.4, -0.2) is 37.3 Å². The van der Waals surface area contributed by atoms with Gasteiger partial charge in [0, 0.05) is 19.6 Å². The molecule has 0 radical (unpaired) electrons. The predicted octanol–water partition coefficient (Wildman–Crippen LogP) is -0.905. The van der Waals surface area contributed by atoms with Crippen molar-refractivity contribution >= 4 is 5.91 Å². The minimum atomic E-state index is 0.106. The van der Waals surface area contributed by atoms with Crippen LogP contribution < -0.4 is 10.6 Å². The fraction of sp³-hybridized carbons (Fsp3) is 0.875. The normalized spacial score (nSPS) is 17.1. The molecule has 0 atom stereocenters. The van der Waals surface area contributed by atoms with Gasteiger partial charge in [0.05, 0.1) is 0 Å². The molecule has 1 saturated heterocycles. The largest absolute Gasteiger partial charge is 0.396 e. The van der Waals surface area contributed by atoms with E-state index < -0.39 is 0 Å². The number of amides is 1. The van der Waals surface area contributed by atoms with Crippen LogP contribution >= 0.6 is 0 Å². The zero-order valence-electron chi connectivity index (χ0n) is 7.18. The van der Waals surface area contributed by atoms with E-state index in [4.69, 9.17) is 5.11 Å². The maximum absolute atomic E-state index is 11.1. The number of hydrogen-bond donors (Lipinski definition) is 3. The summed E-state index contributed by atoms with van der Waals surface area (Å²) in [6, 6.07) is 0. The van der Waals surface area contributed by atoms with Crippen LogP contribution in [0.4, 0.5) is 0 Å². The molecule has 12 heavy (non-hydrogen) atoms. The average molecular weight is 172 g/mol. The van der Waals surface area contributed by atoms with Gasteiger partial charge >= 0.3 is 0 Å². The van der Waals surface area contributed by atoms with E-state index >= 15 is 0 Å². The molecule has 4 nitrogen and oxygen atoms in total. The number of rotatable bonds is 5. The molecule has 0 aliphatic carbocycles. The maximum Gasteiger partial charge on any atom is 0.220 e. The Balaban J connectivity index is 1.95. The predicted molar refractivity (Wildman–Crippen MR) is 45.7 cm³/mol. The SMILES string of the molecule is O=C(CC1CNC1)NCCCO. The molecular weight excluding hydrogens is 156 g/mol. The van der Waals surface area contributed by atoms with Gasteiger partial charge in [-0.2, -0.15) is 0 Å². The molecule has 3 N–H and O–H groups in total. The molecule has 0 spiro atoms. The van der Waals surface area contributed by atoms with Crippen LogP contribution in [0.15, 0.2) is 0 Å². The van der Waals surface area contributed by atoms with E-state index in [1.54, 1.807) is 0 Å². The van der Waals surface area contributed by atoms with Gasteiger partial charge in [-0.1, -0.05) is 0 Å².